The van der Waals surface area contributed by atoms with Gasteiger partial charge in [-0.05, 0) is 80.8 Å². The molecule has 0 aliphatic carbocycles. The molecule has 4 aromatic carbocycles. The number of amides is 1. The van der Waals surface area contributed by atoms with Crippen LogP contribution in [-0.2, 0) is 24.1 Å². The van der Waals surface area contributed by atoms with E-state index in [1.54, 1.807) is 44.8 Å². The molecule has 1 fully saturated rings. The van der Waals surface area contributed by atoms with Crippen LogP contribution < -0.4 is 14.8 Å². The van der Waals surface area contributed by atoms with Crippen LogP contribution in [0.2, 0.25) is 0 Å². The number of nitriles is 1. The van der Waals surface area contributed by atoms with Crippen LogP contribution in [-0.4, -0.2) is 81.8 Å². The Morgan fingerprint density at radius 3 is 2.03 bits per heavy atom. The molecular weight excluding hydrogens is 806 g/mol. The number of fused-ring (bicyclic) bond motifs is 1. The van der Waals surface area contributed by atoms with E-state index in [0.29, 0.717) is 34.6 Å². The minimum atomic E-state index is -1.61. The van der Waals surface area contributed by atoms with Crippen molar-refractivity contribution in [2.45, 2.75) is 76.7 Å². The molecule has 6 aromatic rings. The number of hydrogen-bond donors (Lipinski definition) is 1. The second-order valence-electron chi connectivity index (χ2n) is 15.2. The number of benzene rings is 4. The molecule has 1 aliphatic rings. The van der Waals surface area contributed by atoms with E-state index in [2.05, 4.69) is 70.8 Å². The van der Waals surface area contributed by atoms with E-state index in [-0.39, 0.29) is 43.4 Å². The van der Waals surface area contributed by atoms with Gasteiger partial charge < -0.3 is 33.3 Å². The smallest absolute Gasteiger partial charge is 0.259 e. The van der Waals surface area contributed by atoms with Gasteiger partial charge in [0.1, 0.15) is 35.8 Å². The van der Waals surface area contributed by atoms with Gasteiger partial charge in [-0.15, -0.1) is 0 Å². The van der Waals surface area contributed by atoms with Crippen molar-refractivity contribution < 1.29 is 32.8 Å². The lowest BCUT2D eigenvalue weighted by Gasteiger charge is -2.40. The van der Waals surface area contributed by atoms with E-state index < -0.39 is 32.6 Å². The number of rotatable bonds is 19. The molecule has 1 N–H and O–H groups in total. The van der Waals surface area contributed by atoms with E-state index in [1.807, 2.05) is 77.4 Å². The van der Waals surface area contributed by atoms with Gasteiger partial charge in [0.15, 0.2) is 17.0 Å². The molecule has 0 spiro atoms. The second kappa shape index (κ2) is 20.4. The summed E-state index contributed by atoms with van der Waals surface area (Å²) in [6.07, 6.45) is 1.79. The molecule has 0 bridgehead atoms. The van der Waals surface area contributed by atoms with Crippen LogP contribution in [0.4, 0.5) is 5.82 Å². The molecule has 322 valence electrons. The number of nitrogens with one attached hydrogen (secondary N) is 1. The quantitative estimate of drug-likeness (QED) is 0.0469. The van der Waals surface area contributed by atoms with Crippen LogP contribution in [0.3, 0.4) is 0 Å². The van der Waals surface area contributed by atoms with Crippen molar-refractivity contribution in [2.24, 2.45) is 0 Å². The summed E-state index contributed by atoms with van der Waals surface area (Å²) in [4.78, 5) is 26.9. The highest BCUT2D eigenvalue weighted by Crippen LogP contribution is 2.49. The minimum Gasteiger partial charge on any atom is -0.497 e. The summed E-state index contributed by atoms with van der Waals surface area (Å²) in [5, 5.41) is 12.3. The summed E-state index contributed by atoms with van der Waals surface area (Å²) in [5.74, 6) is 1.37. The maximum atomic E-state index is 13.2. The van der Waals surface area contributed by atoms with Crippen molar-refractivity contribution in [1.29, 1.82) is 5.26 Å². The van der Waals surface area contributed by atoms with Crippen LogP contribution in [0.5, 0.6) is 11.5 Å². The minimum absolute atomic E-state index is 0.0944. The first-order chi connectivity index (χ1) is 30.2. The van der Waals surface area contributed by atoms with Crippen molar-refractivity contribution in [3.05, 3.63) is 144 Å². The van der Waals surface area contributed by atoms with E-state index in [1.165, 1.54) is 6.33 Å². The van der Waals surface area contributed by atoms with Gasteiger partial charge in [-0.1, -0.05) is 72.8 Å². The van der Waals surface area contributed by atoms with Gasteiger partial charge in [-0.2, -0.15) is 5.26 Å². The molecular formula is C47H52N7O7P. The standard InChI is InChI=1S/C47H52N7O7P/c1-32(2)54(33(3)4)62(58-27-13-26-48)59-29-41-40(28-42(60-41)53-31-51-43-44(49-30-50-45(43)53)52-46(55)34-14-9-7-10-15-34)61-47(35-16-11-8-12-17-35,36-18-22-38(56-5)23-19-36)37-20-24-39(57-6)25-21-37/h7-12,14-25,30-33,40-42H,13,27-29H2,1-6H3,(H,49,50,52,55). The number of nitrogens with zero attached hydrogens (tertiary/aromatic N) is 6. The number of ether oxygens (including phenoxy) is 4. The number of hydrogen-bond acceptors (Lipinski definition) is 12. The zero-order chi connectivity index (χ0) is 43.6. The summed E-state index contributed by atoms with van der Waals surface area (Å²) in [7, 11) is 1.68. The highest BCUT2D eigenvalue weighted by Gasteiger charge is 2.47. The molecule has 3 heterocycles. The van der Waals surface area contributed by atoms with Crippen molar-refractivity contribution in [3.8, 4) is 17.6 Å². The second-order valence-corrected chi connectivity index (χ2v) is 16.7. The van der Waals surface area contributed by atoms with E-state index >= 15 is 0 Å². The molecule has 14 nitrogen and oxygen atoms in total. The third-order valence-electron chi connectivity index (χ3n) is 10.6. The molecule has 15 heteroatoms. The fourth-order valence-electron chi connectivity index (χ4n) is 7.77. The van der Waals surface area contributed by atoms with E-state index in [4.69, 9.17) is 28.0 Å². The first-order valence-corrected chi connectivity index (χ1v) is 21.7. The Kier molecular flexibility index (Phi) is 14.6. The first-order valence-electron chi connectivity index (χ1n) is 20.6. The number of carbonyl (C=O) groups is 1. The number of carbonyl (C=O) groups excluding carboxylic acids is 1. The van der Waals surface area contributed by atoms with E-state index in [9.17, 15) is 10.1 Å². The lowest BCUT2D eigenvalue weighted by molar-refractivity contribution is -0.0968. The van der Waals surface area contributed by atoms with Crippen molar-refractivity contribution in [3.63, 3.8) is 0 Å². The molecule has 1 saturated heterocycles. The zero-order valence-electron chi connectivity index (χ0n) is 35.8. The molecule has 1 amide bonds. The van der Waals surface area contributed by atoms with Gasteiger partial charge in [-0.3, -0.25) is 9.36 Å². The number of methoxy groups -OCH3 is 2. The number of aromatic nitrogens is 4. The Bertz CT molecular complexity index is 2360. The van der Waals surface area contributed by atoms with Crippen molar-refractivity contribution >= 4 is 31.4 Å². The summed E-state index contributed by atoms with van der Waals surface area (Å²) in [6.45, 7) is 8.72. The van der Waals surface area contributed by atoms with Crippen LogP contribution >= 0.6 is 8.53 Å². The Balaban J connectivity index is 1.31. The topological polar surface area (TPSA) is 155 Å². The third kappa shape index (κ3) is 9.64. The molecule has 0 radical (unpaired) electrons. The van der Waals surface area contributed by atoms with Crippen LogP contribution in [0.25, 0.3) is 11.2 Å². The molecule has 4 atom stereocenters. The Labute approximate surface area is 363 Å². The molecule has 1 aliphatic heterocycles. The molecule has 2 aromatic heterocycles. The maximum Gasteiger partial charge on any atom is 0.259 e. The summed E-state index contributed by atoms with van der Waals surface area (Å²) >= 11 is 0. The van der Waals surface area contributed by atoms with Crippen LogP contribution in [0.1, 0.15) is 73.8 Å². The van der Waals surface area contributed by atoms with E-state index in [0.717, 1.165) is 16.7 Å². The molecule has 7 rings (SSSR count). The zero-order valence-corrected chi connectivity index (χ0v) is 36.6. The third-order valence-corrected chi connectivity index (χ3v) is 12.7. The van der Waals surface area contributed by atoms with Crippen molar-refractivity contribution in [1.82, 2.24) is 24.2 Å². The Morgan fingerprint density at radius 1 is 0.855 bits per heavy atom. The van der Waals surface area contributed by atoms with Crippen molar-refractivity contribution in [2.75, 3.05) is 32.8 Å². The predicted molar refractivity (Wildman–Crippen MR) is 237 cm³/mol. The van der Waals surface area contributed by atoms with Crippen LogP contribution in [0, 0.1) is 11.3 Å². The SMILES string of the molecule is COc1ccc(C(OC2CC(n3cnc4c(NC(=O)c5ccccc5)ncnc43)OC2COP(OCCC#N)N(C(C)C)C(C)C)(c2ccccc2)c2ccc(OC)cc2)cc1. The Morgan fingerprint density at radius 2 is 1.45 bits per heavy atom. The average molecular weight is 858 g/mol. The normalized spacial score (nSPS) is 17.1. The highest BCUT2D eigenvalue weighted by atomic mass is 31.2. The van der Waals surface area contributed by atoms with Gasteiger partial charge in [0.05, 0.1) is 52.4 Å². The largest absolute Gasteiger partial charge is 0.497 e. The fourth-order valence-corrected chi connectivity index (χ4v) is 9.39. The van der Waals surface area contributed by atoms with Crippen LogP contribution in [0.15, 0.2) is 122 Å². The lowest BCUT2D eigenvalue weighted by atomic mass is 9.79. The van der Waals surface area contributed by atoms with Gasteiger partial charge in [0.25, 0.3) is 14.4 Å². The maximum absolute atomic E-state index is 13.2. The van der Waals surface area contributed by atoms with Gasteiger partial charge in [0, 0.05) is 24.1 Å². The summed E-state index contributed by atoms with van der Waals surface area (Å²) in [5.41, 5.74) is 2.83. The molecule has 62 heavy (non-hydrogen) atoms. The van der Waals surface area contributed by atoms with Gasteiger partial charge in [0.2, 0.25) is 0 Å². The predicted octanol–water partition coefficient (Wildman–Crippen LogP) is 9.05. The number of imidazole rings is 1. The lowest BCUT2D eigenvalue weighted by Crippen LogP contribution is -2.41. The molecule has 4 unspecified atom stereocenters. The van der Waals surface area contributed by atoms with Gasteiger partial charge in [-0.25, -0.2) is 19.6 Å². The summed E-state index contributed by atoms with van der Waals surface area (Å²) in [6, 6.07) is 37.2. The Hall–Kier alpha value is -5.78. The summed E-state index contributed by atoms with van der Waals surface area (Å²) < 4.78 is 42.9. The number of anilines is 1. The fraction of sp³-hybridized carbons (Fsp3) is 0.340. The monoisotopic (exact) mass is 857 g/mol. The average Bonchev–Trinajstić information content (AvgIpc) is 3.92. The molecule has 0 saturated carbocycles. The van der Waals surface area contributed by atoms with Gasteiger partial charge >= 0.3 is 0 Å². The first kappa shape index (κ1) is 44.3. The highest BCUT2D eigenvalue weighted by molar-refractivity contribution is 7.44.